The normalized spacial score (nSPS) is 23.9. The Kier molecular flexibility index (Phi) is 5.40. The van der Waals surface area contributed by atoms with E-state index < -0.39 is 0 Å². The average Bonchev–Trinajstić information content (AvgIpc) is 2.75. The molecule has 1 aromatic heterocycles. The van der Waals surface area contributed by atoms with E-state index in [-0.39, 0.29) is 17.7 Å². The number of anilines is 2. The number of nitrogens with one attached hydrogen (secondary N) is 1. The van der Waals surface area contributed by atoms with Crippen LogP contribution in [-0.2, 0) is 9.59 Å². The van der Waals surface area contributed by atoms with E-state index in [1.54, 1.807) is 6.33 Å². The van der Waals surface area contributed by atoms with Gasteiger partial charge < -0.3 is 20.0 Å². The number of aromatic nitrogens is 2. The maximum absolute atomic E-state index is 12.7. The van der Waals surface area contributed by atoms with Crippen LogP contribution in [0.1, 0.15) is 32.1 Å². The van der Waals surface area contributed by atoms with E-state index in [0.29, 0.717) is 32.5 Å². The molecule has 0 bridgehead atoms. The number of amides is 2. The summed E-state index contributed by atoms with van der Waals surface area (Å²) in [5.41, 5.74) is 0. The lowest BCUT2D eigenvalue weighted by Gasteiger charge is -2.38. The summed E-state index contributed by atoms with van der Waals surface area (Å²) in [6.07, 6.45) is 6.52. The Balaban J connectivity index is 1.33. The van der Waals surface area contributed by atoms with Crippen LogP contribution in [0, 0.1) is 5.92 Å². The van der Waals surface area contributed by atoms with Crippen LogP contribution in [0.5, 0.6) is 0 Å². The van der Waals surface area contributed by atoms with E-state index >= 15 is 0 Å². The highest BCUT2D eigenvalue weighted by Crippen LogP contribution is 2.23. The highest BCUT2D eigenvalue weighted by atomic mass is 16.2. The molecule has 1 N–H and O–H groups in total. The number of piperazine rings is 1. The molecule has 0 spiro atoms. The number of hydrogen-bond acceptors (Lipinski definition) is 6. The van der Waals surface area contributed by atoms with Gasteiger partial charge in [-0.1, -0.05) is 0 Å². The highest BCUT2D eigenvalue weighted by Gasteiger charge is 2.30. The second-order valence-electron chi connectivity index (χ2n) is 7.63. The number of hydrogen-bond donors (Lipinski definition) is 1. The molecule has 0 aliphatic carbocycles. The van der Waals surface area contributed by atoms with Crippen molar-refractivity contribution in [2.24, 2.45) is 5.92 Å². The molecule has 1 atom stereocenters. The molecule has 0 radical (unpaired) electrons. The Bertz CT molecular complexity index is 673. The maximum atomic E-state index is 12.7. The minimum absolute atomic E-state index is 0.0529. The van der Waals surface area contributed by atoms with Gasteiger partial charge in [-0.05, 0) is 25.7 Å². The average molecular weight is 372 g/mol. The quantitative estimate of drug-likeness (QED) is 0.839. The number of carbonyl (C=O) groups excluding carboxylic acids is 2. The van der Waals surface area contributed by atoms with Gasteiger partial charge in [0.25, 0.3) is 0 Å². The van der Waals surface area contributed by atoms with Gasteiger partial charge in [0.05, 0.1) is 5.92 Å². The van der Waals surface area contributed by atoms with Crippen LogP contribution in [0.25, 0.3) is 0 Å². The summed E-state index contributed by atoms with van der Waals surface area (Å²) in [5, 5.41) is 2.81. The Hall–Kier alpha value is -2.38. The monoisotopic (exact) mass is 372 g/mol. The fourth-order valence-electron chi connectivity index (χ4n) is 4.16. The van der Waals surface area contributed by atoms with Gasteiger partial charge in [0.1, 0.15) is 18.0 Å². The summed E-state index contributed by atoms with van der Waals surface area (Å²) in [7, 11) is 0. The van der Waals surface area contributed by atoms with Gasteiger partial charge in [-0.2, -0.15) is 0 Å². The Morgan fingerprint density at radius 1 is 0.963 bits per heavy atom. The SMILES string of the molecule is O=C1CCC(C(=O)N2CCN(c3cc(N4CCCCC4)ncn3)CC2)CN1. The van der Waals surface area contributed by atoms with Crippen molar-refractivity contribution in [3.8, 4) is 0 Å². The number of nitrogens with zero attached hydrogens (tertiary/aromatic N) is 5. The predicted octanol–water partition coefficient (Wildman–Crippen LogP) is 0.642. The molecule has 3 aliphatic rings. The summed E-state index contributed by atoms with van der Waals surface area (Å²) < 4.78 is 0. The van der Waals surface area contributed by atoms with E-state index in [2.05, 4.69) is 31.2 Å². The van der Waals surface area contributed by atoms with Crippen LogP contribution in [0.3, 0.4) is 0 Å². The molecule has 27 heavy (non-hydrogen) atoms. The molecule has 4 heterocycles. The molecule has 3 aliphatic heterocycles. The number of carbonyl (C=O) groups is 2. The lowest BCUT2D eigenvalue weighted by molar-refractivity contribution is -0.137. The first-order chi connectivity index (χ1) is 13.2. The fourth-order valence-corrected chi connectivity index (χ4v) is 4.16. The molecule has 0 aromatic carbocycles. The van der Waals surface area contributed by atoms with Gasteiger partial charge in [-0.25, -0.2) is 9.97 Å². The van der Waals surface area contributed by atoms with Crippen molar-refractivity contribution in [1.82, 2.24) is 20.2 Å². The van der Waals surface area contributed by atoms with E-state index in [9.17, 15) is 9.59 Å². The molecule has 3 saturated heterocycles. The second-order valence-corrected chi connectivity index (χ2v) is 7.63. The van der Waals surface area contributed by atoms with Gasteiger partial charge in [-0.15, -0.1) is 0 Å². The van der Waals surface area contributed by atoms with E-state index in [1.807, 2.05) is 4.90 Å². The third-order valence-corrected chi connectivity index (χ3v) is 5.85. The molecule has 146 valence electrons. The van der Waals surface area contributed by atoms with Crippen molar-refractivity contribution in [2.45, 2.75) is 32.1 Å². The van der Waals surface area contributed by atoms with Crippen molar-refractivity contribution in [1.29, 1.82) is 0 Å². The minimum Gasteiger partial charge on any atom is -0.356 e. The summed E-state index contributed by atoms with van der Waals surface area (Å²) in [6, 6.07) is 2.08. The van der Waals surface area contributed by atoms with Crippen molar-refractivity contribution in [2.75, 3.05) is 55.6 Å². The summed E-state index contributed by atoms with van der Waals surface area (Å²) >= 11 is 0. The molecule has 0 saturated carbocycles. The smallest absolute Gasteiger partial charge is 0.227 e. The summed E-state index contributed by atoms with van der Waals surface area (Å²) in [6.45, 7) is 5.57. The fraction of sp³-hybridized carbons (Fsp3) is 0.684. The van der Waals surface area contributed by atoms with Crippen LogP contribution in [0.4, 0.5) is 11.6 Å². The minimum atomic E-state index is -0.0704. The van der Waals surface area contributed by atoms with Crippen molar-refractivity contribution in [3.05, 3.63) is 12.4 Å². The molecule has 1 aromatic rings. The van der Waals surface area contributed by atoms with Gasteiger partial charge in [0.2, 0.25) is 11.8 Å². The lowest BCUT2D eigenvalue weighted by atomic mass is 9.97. The third-order valence-electron chi connectivity index (χ3n) is 5.85. The predicted molar refractivity (Wildman–Crippen MR) is 103 cm³/mol. The standard InChI is InChI=1S/C19H28N6O2/c26-18-5-4-15(13-20-18)19(27)25-10-8-24(9-11-25)17-12-16(21-14-22-17)23-6-2-1-3-7-23/h12,14-15H,1-11,13H2,(H,20,26). The molecule has 8 heteroatoms. The van der Waals surface area contributed by atoms with Gasteiger partial charge in [0, 0.05) is 58.3 Å². The number of rotatable bonds is 3. The maximum Gasteiger partial charge on any atom is 0.227 e. The first-order valence-corrected chi connectivity index (χ1v) is 10.1. The zero-order valence-corrected chi connectivity index (χ0v) is 15.8. The van der Waals surface area contributed by atoms with Gasteiger partial charge in [0.15, 0.2) is 0 Å². The Morgan fingerprint density at radius 2 is 1.63 bits per heavy atom. The third kappa shape index (κ3) is 4.14. The molecular weight excluding hydrogens is 344 g/mol. The second kappa shape index (κ2) is 8.10. The zero-order chi connectivity index (χ0) is 18.6. The van der Waals surface area contributed by atoms with Crippen LogP contribution in [-0.4, -0.2) is 72.5 Å². The highest BCUT2D eigenvalue weighted by molar-refractivity contribution is 5.84. The molecular formula is C19H28N6O2. The molecule has 8 nitrogen and oxygen atoms in total. The Morgan fingerprint density at radius 3 is 2.26 bits per heavy atom. The van der Waals surface area contributed by atoms with Crippen molar-refractivity contribution >= 4 is 23.5 Å². The molecule has 3 fully saturated rings. The topological polar surface area (TPSA) is 81.7 Å². The zero-order valence-electron chi connectivity index (χ0n) is 15.8. The lowest BCUT2D eigenvalue weighted by Crippen LogP contribution is -2.52. The first-order valence-electron chi connectivity index (χ1n) is 10.1. The van der Waals surface area contributed by atoms with E-state index in [1.165, 1.54) is 19.3 Å². The molecule has 2 amide bonds. The number of piperidine rings is 2. The van der Waals surface area contributed by atoms with Crippen molar-refractivity contribution < 1.29 is 9.59 Å². The van der Waals surface area contributed by atoms with E-state index in [4.69, 9.17) is 0 Å². The Labute approximate surface area is 159 Å². The van der Waals surface area contributed by atoms with Crippen LogP contribution in [0.15, 0.2) is 12.4 Å². The van der Waals surface area contributed by atoms with Gasteiger partial charge >= 0.3 is 0 Å². The van der Waals surface area contributed by atoms with Crippen LogP contribution >= 0.6 is 0 Å². The van der Waals surface area contributed by atoms with Crippen LogP contribution < -0.4 is 15.1 Å². The largest absolute Gasteiger partial charge is 0.356 e. The first kappa shape index (κ1) is 18.0. The molecule has 4 rings (SSSR count). The summed E-state index contributed by atoms with van der Waals surface area (Å²) in [4.78, 5) is 39.4. The summed E-state index contributed by atoms with van der Waals surface area (Å²) in [5.74, 6) is 2.11. The van der Waals surface area contributed by atoms with E-state index in [0.717, 1.165) is 37.8 Å². The van der Waals surface area contributed by atoms with Crippen molar-refractivity contribution in [3.63, 3.8) is 0 Å². The van der Waals surface area contributed by atoms with Crippen LogP contribution in [0.2, 0.25) is 0 Å². The van der Waals surface area contributed by atoms with Gasteiger partial charge in [-0.3, -0.25) is 9.59 Å². The molecule has 1 unspecified atom stereocenters.